The Bertz CT molecular complexity index is 531. The molecule has 0 bridgehead atoms. The van der Waals surface area contributed by atoms with Crippen LogP contribution in [0.1, 0.15) is 22.8 Å². The second-order valence-electron chi connectivity index (χ2n) is 3.91. The Morgan fingerprint density at radius 3 is 2.83 bits per heavy atom. The van der Waals surface area contributed by atoms with Crippen LogP contribution in [0.25, 0.3) is 0 Å². The van der Waals surface area contributed by atoms with Crippen LogP contribution < -0.4 is 0 Å². The van der Waals surface area contributed by atoms with Gasteiger partial charge in [-0.05, 0) is 25.3 Å². The van der Waals surface area contributed by atoms with Crippen molar-refractivity contribution in [3.8, 4) is 0 Å². The number of cyclic esters (lactones) is 1. The van der Waals surface area contributed by atoms with Gasteiger partial charge in [-0.15, -0.1) is 0 Å². The number of carbonyl (C=O) groups is 1. The SMILES string of the molecule is CSC[C@H](C)/N=C1/OC(=O)c2ccc(Cl)c(Cl)c21. The molecule has 1 aliphatic heterocycles. The number of thioether (sulfide) groups is 1. The minimum absolute atomic E-state index is 0.0452. The minimum Gasteiger partial charge on any atom is -0.403 e. The number of aliphatic imine (C=N–C) groups is 1. The molecule has 0 saturated carbocycles. The van der Waals surface area contributed by atoms with Gasteiger partial charge in [0.2, 0.25) is 5.90 Å². The normalized spacial score (nSPS) is 17.8. The molecule has 0 saturated heterocycles. The van der Waals surface area contributed by atoms with E-state index in [1.807, 2.05) is 13.2 Å². The molecular formula is C12H11Cl2NO2S. The van der Waals surface area contributed by atoms with Gasteiger partial charge in [0.05, 0.1) is 27.2 Å². The van der Waals surface area contributed by atoms with E-state index in [2.05, 4.69) is 4.99 Å². The lowest BCUT2D eigenvalue weighted by Crippen LogP contribution is -2.09. The molecule has 96 valence electrons. The molecule has 6 heteroatoms. The summed E-state index contributed by atoms with van der Waals surface area (Å²) < 4.78 is 5.14. The lowest BCUT2D eigenvalue weighted by Gasteiger charge is -2.06. The zero-order valence-electron chi connectivity index (χ0n) is 9.87. The van der Waals surface area contributed by atoms with Crippen LogP contribution in [0.2, 0.25) is 10.0 Å². The lowest BCUT2D eigenvalue weighted by atomic mass is 10.1. The van der Waals surface area contributed by atoms with E-state index >= 15 is 0 Å². The van der Waals surface area contributed by atoms with Crippen molar-refractivity contribution in [2.24, 2.45) is 4.99 Å². The molecule has 0 radical (unpaired) electrons. The largest absolute Gasteiger partial charge is 0.403 e. The van der Waals surface area contributed by atoms with E-state index in [9.17, 15) is 4.79 Å². The standard InChI is InChI=1S/C12H11Cl2NO2S/c1-6(5-18-2)15-11-9-7(12(16)17-11)3-4-8(13)10(9)14/h3-4,6H,5H2,1-2H3/b15-11+/t6-/m0/s1. The Kier molecular flexibility index (Phi) is 4.20. The number of hydrogen-bond acceptors (Lipinski definition) is 4. The molecule has 0 N–H and O–H groups in total. The predicted octanol–water partition coefficient (Wildman–Crippen LogP) is 3.66. The zero-order valence-corrected chi connectivity index (χ0v) is 12.2. The van der Waals surface area contributed by atoms with E-state index in [0.29, 0.717) is 21.2 Å². The number of benzene rings is 1. The highest BCUT2D eigenvalue weighted by molar-refractivity contribution is 7.98. The molecule has 1 heterocycles. The summed E-state index contributed by atoms with van der Waals surface area (Å²) in [5.74, 6) is 0.678. The second kappa shape index (κ2) is 5.51. The van der Waals surface area contributed by atoms with Crippen LogP contribution in [0.4, 0.5) is 0 Å². The third kappa shape index (κ3) is 2.51. The van der Waals surface area contributed by atoms with Crippen molar-refractivity contribution >= 4 is 46.8 Å². The first-order chi connectivity index (χ1) is 8.54. The van der Waals surface area contributed by atoms with Gasteiger partial charge in [-0.2, -0.15) is 11.8 Å². The van der Waals surface area contributed by atoms with Crippen molar-refractivity contribution in [1.29, 1.82) is 0 Å². The number of esters is 1. The number of carbonyl (C=O) groups excluding carboxylic acids is 1. The molecule has 18 heavy (non-hydrogen) atoms. The van der Waals surface area contributed by atoms with Crippen LogP contribution in [-0.2, 0) is 4.74 Å². The maximum atomic E-state index is 11.7. The molecule has 2 rings (SSSR count). The average molecular weight is 304 g/mol. The van der Waals surface area contributed by atoms with E-state index in [-0.39, 0.29) is 11.9 Å². The van der Waals surface area contributed by atoms with Gasteiger partial charge < -0.3 is 4.74 Å². The second-order valence-corrected chi connectivity index (χ2v) is 5.61. The van der Waals surface area contributed by atoms with Gasteiger partial charge in [-0.1, -0.05) is 23.2 Å². The molecule has 0 aromatic heterocycles. The molecule has 3 nitrogen and oxygen atoms in total. The summed E-state index contributed by atoms with van der Waals surface area (Å²) in [5, 5.41) is 0.703. The number of halogens is 2. The summed E-state index contributed by atoms with van der Waals surface area (Å²) in [6.45, 7) is 1.95. The Balaban J connectivity index is 2.46. The summed E-state index contributed by atoms with van der Waals surface area (Å²) in [7, 11) is 0. The first kappa shape index (κ1) is 13.7. The third-order valence-electron chi connectivity index (χ3n) is 2.46. The lowest BCUT2D eigenvalue weighted by molar-refractivity contribution is 0.0736. The van der Waals surface area contributed by atoms with Crippen LogP contribution in [0.5, 0.6) is 0 Å². The molecule has 0 amide bonds. The van der Waals surface area contributed by atoms with E-state index < -0.39 is 5.97 Å². The van der Waals surface area contributed by atoms with Gasteiger partial charge in [0.25, 0.3) is 0 Å². The van der Waals surface area contributed by atoms with Gasteiger partial charge in [0.1, 0.15) is 0 Å². The van der Waals surface area contributed by atoms with Crippen LogP contribution >= 0.6 is 35.0 Å². The van der Waals surface area contributed by atoms with Crippen LogP contribution in [-0.4, -0.2) is 29.9 Å². The van der Waals surface area contributed by atoms with Crippen molar-refractivity contribution in [3.05, 3.63) is 33.3 Å². The summed E-state index contributed by atoms with van der Waals surface area (Å²) in [6.07, 6.45) is 2.00. The van der Waals surface area contributed by atoms with Crippen molar-refractivity contribution in [3.63, 3.8) is 0 Å². The van der Waals surface area contributed by atoms with Gasteiger partial charge in [-0.25, -0.2) is 9.79 Å². The molecule has 0 spiro atoms. The van der Waals surface area contributed by atoms with Gasteiger partial charge >= 0.3 is 5.97 Å². The monoisotopic (exact) mass is 303 g/mol. The summed E-state index contributed by atoms with van der Waals surface area (Å²) in [6, 6.07) is 3.23. The summed E-state index contributed by atoms with van der Waals surface area (Å²) in [5.41, 5.74) is 0.918. The number of nitrogens with zero attached hydrogens (tertiary/aromatic N) is 1. The first-order valence-corrected chi connectivity index (χ1v) is 7.47. The first-order valence-electron chi connectivity index (χ1n) is 5.32. The van der Waals surface area contributed by atoms with Crippen LogP contribution in [0.15, 0.2) is 17.1 Å². The molecule has 1 aromatic carbocycles. The number of fused-ring (bicyclic) bond motifs is 1. The zero-order chi connectivity index (χ0) is 13.3. The van der Waals surface area contributed by atoms with Crippen LogP contribution in [0.3, 0.4) is 0 Å². The molecule has 1 aliphatic rings. The van der Waals surface area contributed by atoms with Gasteiger partial charge in [0, 0.05) is 5.75 Å². The maximum absolute atomic E-state index is 11.7. The molecule has 1 atom stereocenters. The number of hydrogen-bond donors (Lipinski definition) is 0. The third-order valence-corrected chi connectivity index (χ3v) is 4.08. The Hall–Kier alpha value is -0.710. The Labute approximate surface area is 120 Å². The van der Waals surface area contributed by atoms with Crippen LogP contribution in [0, 0.1) is 0 Å². The number of ether oxygens (including phenoxy) is 1. The predicted molar refractivity (Wildman–Crippen MR) is 76.3 cm³/mol. The van der Waals surface area contributed by atoms with Crippen molar-refractivity contribution in [1.82, 2.24) is 0 Å². The fourth-order valence-corrected chi connectivity index (χ4v) is 2.65. The number of rotatable bonds is 3. The van der Waals surface area contributed by atoms with E-state index in [1.54, 1.807) is 23.9 Å². The Morgan fingerprint density at radius 1 is 1.44 bits per heavy atom. The molecule has 1 aromatic rings. The quantitative estimate of drug-likeness (QED) is 0.800. The highest BCUT2D eigenvalue weighted by Gasteiger charge is 2.31. The van der Waals surface area contributed by atoms with Crippen molar-refractivity contribution in [2.75, 3.05) is 12.0 Å². The maximum Gasteiger partial charge on any atom is 0.345 e. The molecule has 0 fully saturated rings. The van der Waals surface area contributed by atoms with Gasteiger partial charge in [-0.3, -0.25) is 0 Å². The van der Waals surface area contributed by atoms with Crippen molar-refractivity contribution < 1.29 is 9.53 Å². The van der Waals surface area contributed by atoms with E-state index in [0.717, 1.165) is 5.75 Å². The topological polar surface area (TPSA) is 38.7 Å². The fourth-order valence-electron chi connectivity index (χ4n) is 1.69. The highest BCUT2D eigenvalue weighted by atomic mass is 35.5. The average Bonchev–Trinajstić information content (AvgIpc) is 2.61. The van der Waals surface area contributed by atoms with Crippen molar-refractivity contribution in [2.45, 2.75) is 13.0 Å². The smallest absolute Gasteiger partial charge is 0.345 e. The molecule has 0 aliphatic carbocycles. The van der Waals surface area contributed by atoms with E-state index in [1.165, 1.54) is 0 Å². The van der Waals surface area contributed by atoms with Gasteiger partial charge in [0.15, 0.2) is 0 Å². The van der Waals surface area contributed by atoms with E-state index in [4.69, 9.17) is 27.9 Å². The highest BCUT2D eigenvalue weighted by Crippen LogP contribution is 2.33. The summed E-state index contributed by atoms with van der Waals surface area (Å²) in [4.78, 5) is 16.0. The fraction of sp³-hybridized carbons (Fsp3) is 0.333. The molecule has 0 unspecified atom stereocenters. The minimum atomic E-state index is -0.432. The summed E-state index contributed by atoms with van der Waals surface area (Å²) >= 11 is 13.7. The Morgan fingerprint density at radius 2 is 2.17 bits per heavy atom. The molecular weight excluding hydrogens is 293 g/mol.